The van der Waals surface area contributed by atoms with E-state index in [1.54, 1.807) is 0 Å². The lowest BCUT2D eigenvalue weighted by Gasteiger charge is -2.10. The summed E-state index contributed by atoms with van der Waals surface area (Å²) in [5.74, 6) is 0. The molecule has 0 bridgehead atoms. The molecule has 0 saturated heterocycles. The highest BCUT2D eigenvalue weighted by Crippen LogP contribution is 2.25. The van der Waals surface area contributed by atoms with E-state index in [-0.39, 0.29) is 0 Å². The molecule has 0 atom stereocenters. The minimum atomic E-state index is 1.09. The van der Waals surface area contributed by atoms with Crippen molar-refractivity contribution >= 4 is 0 Å². The first-order valence-electron chi connectivity index (χ1n) is 6.59. The molecule has 0 saturated carbocycles. The van der Waals surface area contributed by atoms with Gasteiger partial charge < -0.3 is 0 Å². The van der Waals surface area contributed by atoms with Crippen LogP contribution < -0.4 is 4.57 Å². The molecule has 1 aromatic heterocycles. The Hall–Kier alpha value is -1.63. The van der Waals surface area contributed by atoms with Gasteiger partial charge in [-0.25, -0.2) is 4.57 Å². The molecule has 0 unspecified atom stereocenters. The molecule has 1 heterocycles. The summed E-state index contributed by atoms with van der Waals surface area (Å²) in [6.45, 7) is 8.77. The van der Waals surface area contributed by atoms with Crippen LogP contribution in [0.5, 0.6) is 0 Å². The number of nitrogens with zero attached hydrogens (tertiary/aromatic N) is 1. The Bertz CT molecular complexity index is 582. The van der Waals surface area contributed by atoms with Crippen LogP contribution in [0.4, 0.5) is 0 Å². The van der Waals surface area contributed by atoms with Crippen LogP contribution in [0.3, 0.4) is 0 Å². The lowest BCUT2D eigenvalue weighted by Crippen LogP contribution is -2.30. The van der Waals surface area contributed by atoms with Gasteiger partial charge in [0.25, 0.3) is 0 Å². The molecule has 1 aromatic carbocycles. The monoisotopic (exact) mass is 240 g/mol. The number of aryl methyl sites for hydroxylation is 5. The Morgan fingerprint density at radius 3 is 2.39 bits per heavy atom. The molecule has 0 radical (unpaired) electrons. The first-order chi connectivity index (χ1) is 8.52. The van der Waals surface area contributed by atoms with Crippen molar-refractivity contribution in [2.24, 2.45) is 7.05 Å². The van der Waals surface area contributed by atoms with Crippen molar-refractivity contribution < 1.29 is 4.57 Å². The Kier molecular flexibility index (Phi) is 3.51. The highest BCUT2D eigenvalue weighted by molar-refractivity contribution is 5.63. The maximum absolute atomic E-state index is 2.35. The van der Waals surface area contributed by atoms with Crippen LogP contribution in [0, 0.1) is 20.8 Å². The van der Waals surface area contributed by atoms with E-state index in [1.807, 2.05) is 0 Å². The standard InChI is InChI=1S/C17H22N/c1-6-15-11-16(14(4)10-13(15)3)17-9-12(2)7-8-18(17)5/h7-11H,6H2,1-5H3/q+1. The van der Waals surface area contributed by atoms with E-state index in [2.05, 4.69) is 69.8 Å². The van der Waals surface area contributed by atoms with Crippen LogP contribution >= 0.6 is 0 Å². The molecule has 0 aliphatic rings. The van der Waals surface area contributed by atoms with Crippen LogP contribution in [0.2, 0.25) is 0 Å². The summed E-state index contributed by atoms with van der Waals surface area (Å²) in [7, 11) is 2.11. The average Bonchev–Trinajstić information content (AvgIpc) is 2.33. The molecule has 1 heteroatoms. The van der Waals surface area contributed by atoms with E-state index in [9.17, 15) is 0 Å². The van der Waals surface area contributed by atoms with Crippen LogP contribution in [-0.4, -0.2) is 0 Å². The van der Waals surface area contributed by atoms with Gasteiger partial charge in [-0.15, -0.1) is 0 Å². The van der Waals surface area contributed by atoms with Gasteiger partial charge in [0.15, 0.2) is 6.20 Å². The van der Waals surface area contributed by atoms with Crippen molar-refractivity contribution in [2.45, 2.75) is 34.1 Å². The zero-order chi connectivity index (χ0) is 13.3. The van der Waals surface area contributed by atoms with Gasteiger partial charge in [0, 0.05) is 17.7 Å². The van der Waals surface area contributed by atoms with E-state index >= 15 is 0 Å². The molecule has 0 spiro atoms. The summed E-state index contributed by atoms with van der Waals surface area (Å²) < 4.78 is 2.20. The van der Waals surface area contributed by atoms with Crippen LogP contribution in [-0.2, 0) is 13.5 Å². The zero-order valence-electron chi connectivity index (χ0n) is 12.0. The molecular weight excluding hydrogens is 218 g/mol. The molecule has 0 aliphatic heterocycles. The van der Waals surface area contributed by atoms with E-state index < -0.39 is 0 Å². The quantitative estimate of drug-likeness (QED) is 0.705. The third-order valence-corrected chi connectivity index (χ3v) is 3.65. The van der Waals surface area contributed by atoms with Crippen molar-refractivity contribution in [2.75, 3.05) is 0 Å². The topological polar surface area (TPSA) is 3.88 Å². The fourth-order valence-electron chi connectivity index (χ4n) is 2.50. The fourth-order valence-corrected chi connectivity index (χ4v) is 2.50. The lowest BCUT2D eigenvalue weighted by molar-refractivity contribution is -0.660. The third-order valence-electron chi connectivity index (χ3n) is 3.65. The van der Waals surface area contributed by atoms with Crippen LogP contribution in [0.25, 0.3) is 11.3 Å². The van der Waals surface area contributed by atoms with Gasteiger partial charge in [-0.3, -0.25) is 0 Å². The first kappa shape index (κ1) is 12.8. The van der Waals surface area contributed by atoms with Crippen molar-refractivity contribution in [3.8, 4) is 11.3 Å². The number of hydrogen-bond donors (Lipinski definition) is 0. The fraction of sp³-hybridized carbons (Fsp3) is 0.353. The van der Waals surface area contributed by atoms with E-state index in [0.29, 0.717) is 0 Å². The Morgan fingerprint density at radius 1 is 1.00 bits per heavy atom. The van der Waals surface area contributed by atoms with Crippen LogP contribution in [0.15, 0.2) is 30.5 Å². The van der Waals surface area contributed by atoms with Crippen molar-refractivity contribution in [3.05, 3.63) is 52.7 Å². The summed E-state index contributed by atoms with van der Waals surface area (Å²) in [5.41, 5.74) is 8.14. The molecule has 18 heavy (non-hydrogen) atoms. The maximum Gasteiger partial charge on any atom is 0.212 e. The smallest absolute Gasteiger partial charge is 0.201 e. The second-order valence-electron chi connectivity index (χ2n) is 5.15. The SMILES string of the molecule is CCc1cc(-c2cc(C)cc[n+]2C)c(C)cc1C. The van der Waals surface area contributed by atoms with Gasteiger partial charge in [-0.1, -0.05) is 13.0 Å². The molecule has 0 fully saturated rings. The zero-order valence-corrected chi connectivity index (χ0v) is 12.0. The Labute approximate surface area is 110 Å². The predicted octanol–water partition coefficient (Wildman–Crippen LogP) is 3.67. The Morgan fingerprint density at radius 2 is 1.72 bits per heavy atom. The highest BCUT2D eigenvalue weighted by Gasteiger charge is 2.14. The largest absolute Gasteiger partial charge is 0.212 e. The van der Waals surface area contributed by atoms with Gasteiger partial charge in [-0.05, 0) is 55.5 Å². The summed E-state index contributed by atoms with van der Waals surface area (Å²) in [5, 5.41) is 0. The number of rotatable bonds is 2. The summed E-state index contributed by atoms with van der Waals surface area (Å²) in [4.78, 5) is 0. The number of hydrogen-bond acceptors (Lipinski definition) is 0. The molecular formula is C17H22N+. The second-order valence-corrected chi connectivity index (χ2v) is 5.15. The number of benzene rings is 1. The molecule has 94 valence electrons. The van der Waals surface area contributed by atoms with Crippen molar-refractivity contribution in [1.29, 1.82) is 0 Å². The molecule has 2 aromatic rings. The summed E-state index contributed by atoms with van der Waals surface area (Å²) in [6, 6.07) is 9.06. The second kappa shape index (κ2) is 4.93. The predicted molar refractivity (Wildman–Crippen MR) is 76.6 cm³/mol. The number of pyridine rings is 1. The molecule has 2 rings (SSSR count). The van der Waals surface area contributed by atoms with E-state index in [1.165, 1.54) is 33.5 Å². The van der Waals surface area contributed by atoms with Crippen molar-refractivity contribution in [3.63, 3.8) is 0 Å². The number of aromatic nitrogens is 1. The summed E-state index contributed by atoms with van der Waals surface area (Å²) >= 11 is 0. The first-order valence-corrected chi connectivity index (χ1v) is 6.59. The lowest BCUT2D eigenvalue weighted by atomic mass is 9.96. The van der Waals surface area contributed by atoms with Gasteiger partial charge in [0.2, 0.25) is 5.69 Å². The minimum absolute atomic E-state index is 1.09. The molecule has 0 aliphatic carbocycles. The third kappa shape index (κ3) is 2.31. The Balaban J connectivity index is 2.66. The summed E-state index contributed by atoms with van der Waals surface area (Å²) in [6.07, 6.45) is 3.23. The highest BCUT2D eigenvalue weighted by atomic mass is 14.9. The van der Waals surface area contributed by atoms with Gasteiger partial charge in [0.1, 0.15) is 7.05 Å². The molecule has 0 amide bonds. The molecule has 0 N–H and O–H groups in total. The maximum atomic E-state index is 2.35. The van der Waals surface area contributed by atoms with Gasteiger partial charge >= 0.3 is 0 Å². The molecule has 1 nitrogen and oxygen atoms in total. The van der Waals surface area contributed by atoms with E-state index in [4.69, 9.17) is 0 Å². The normalized spacial score (nSPS) is 10.7. The van der Waals surface area contributed by atoms with Crippen molar-refractivity contribution in [1.82, 2.24) is 0 Å². The minimum Gasteiger partial charge on any atom is -0.201 e. The van der Waals surface area contributed by atoms with Gasteiger partial charge in [0.05, 0.1) is 0 Å². The average molecular weight is 240 g/mol. The van der Waals surface area contributed by atoms with Gasteiger partial charge in [-0.2, -0.15) is 0 Å². The van der Waals surface area contributed by atoms with Crippen LogP contribution in [0.1, 0.15) is 29.2 Å². The van der Waals surface area contributed by atoms with E-state index in [0.717, 1.165) is 6.42 Å².